The van der Waals surface area contributed by atoms with Crippen molar-refractivity contribution in [3.05, 3.63) is 0 Å². The molecule has 0 amide bonds. The highest BCUT2D eigenvalue weighted by atomic mass is 15.2. The van der Waals surface area contributed by atoms with Crippen LogP contribution in [0.1, 0.15) is 47.0 Å². The Hall–Kier alpha value is -0.0400. The average Bonchev–Trinajstić information content (AvgIpc) is 2.72. The molecule has 82 valence electrons. The molecular weight excluding hydrogens is 170 g/mol. The number of likely N-dealkylation sites (tertiary alicyclic amines) is 1. The maximum Gasteiger partial charge on any atom is 0.00439 e. The second-order valence-electron chi connectivity index (χ2n) is 6.21. The fourth-order valence-corrected chi connectivity index (χ4v) is 3.09. The Morgan fingerprint density at radius 1 is 1.21 bits per heavy atom. The SMILES string of the molecule is CC(C)C[C@@H]1CN(C(C)C)CC12CC2. The summed E-state index contributed by atoms with van der Waals surface area (Å²) in [6.07, 6.45) is 4.46. The van der Waals surface area contributed by atoms with Gasteiger partial charge < -0.3 is 4.90 Å². The van der Waals surface area contributed by atoms with E-state index in [-0.39, 0.29) is 0 Å². The van der Waals surface area contributed by atoms with E-state index in [0.29, 0.717) is 0 Å². The Labute approximate surface area is 88.9 Å². The van der Waals surface area contributed by atoms with Gasteiger partial charge in [0.1, 0.15) is 0 Å². The van der Waals surface area contributed by atoms with Gasteiger partial charge in [-0.1, -0.05) is 13.8 Å². The fourth-order valence-electron chi connectivity index (χ4n) is 3.09. The van der Waals surface area contributed by atoms with E-state index in [1.807, 2.05) is 0 Å². The summed E-state index contributed by atoms with van der Waals surface area (Å²) in [4.78, 5) is 2.69. The lowest BCUT2D eigenvalue weighted by molar-refractivity contribution is 0.257. The molecule has 0 aromatic carbocycles. The summed E-state index contributed by atoms with van der Waals surface area (Å²) in [6, 6.07) is 0.754. The van der Waals surface area contributed by atoms with Gasteiger partial charge in [0, 0.05) is 19.1 Å². The van der Waals surface area contributed by atoms with Crippen LogP contribution in [0.3, 0.4) is 0 Å². The van der Waals surface area contributed by atoms with Crippen molar-refractivity contribution in [3.8, 4) is 0 Å². The average molecular weight is 195 g/mol. The van der Waals surface area contributed by atoms with Crippen molar-refractivity contribution in [3.63, 3.8) is 0 Å². The van der Waals surface area contributed by atoms with Gasteiger partial charge in [0.15, 0.2) is 0 Å². The molecule has 1 atom stereocenters. The topological polar surface area (TPSA) is 3.24 Å². The molecule has 1 aliphatic carbocycles. The van der Waals surface area contributed by atoms with Crippen LogP contribution in [0.5, 0.6) is 0 Å². The van der Waals surface area contributed by atoms with Gasteiger partial charge in [-0.15, -0.1) is 0 Å². The van der Waals surface area contributed by atoms with Crippen molar-refractivity contribution < 1.29 is 0 Å². The molecule has 0 aromatic heterocycles. The number of nitrogens with zero attached hydrogens (tertiary/aromatic N) is 1. The van der Waals surface area contributed by atoms with Crippen molar-refractivity contribution in [2.24, 2.45) is 17.3 Å². The molecule has 2 rings (SSSR count). The molecule has 0 unspecified atom stereocenters. The second-order valence-corrected chi connectivity index (χ2v) is 6.21. The van der Waals surface area contributed by atoms with Gasteiger partial charge in [0.05, 0.1) is 0 Å². The van der Waals surface area contributed by atoms with Crippen LogP contribution in [-0.4, -0.2) is 24.0 Å². The van der Waals surface area contributed by atoms with Crippen LogP contribution in [0.2, 0.25) is 0 Å². The lowest BCUT2D eigenvalue weighted by atomic mass is 9.86. The number of hydrogen-bond acceptors (Lipinski definition) is 1. The molecule has 1 heterocycles. The first kappa shape index (κ1) is 10.5. The number of hydrogen-bond donors (Lipinski definition) is 0. The van der Waals surface area contributed by atoms with E-state index in [4.69, 9.17) is 0 Å². The van der Waals surface area contributed by atoms with Gasteiger partial charge >= 0.3 is 0 Å². The Kier molecular flexibility index (Phi) is 2.63. The van der Waals surface area contributed by atoms with E-state index in [1.54, 1.807) is 0 Å². The van der Waals surface area contributed by atoms with E-state index < -0.39 is 0 Å². The quantitative estimate of drug-likeness (QED) is 0.668. The van der Waals surface area contributed by atoms with Gasteiger partial charge in [0.25, 0.3) is 0 Å². The van der Waals surface area contributed by atoms with Crippen molar-refractivity contribution in [1.29, 1.82) is 0 Å². The predicted octanol–water partition coefficient (Wildman–Crippen LogP) is 3.15. The normalized spacial score (nSPS) is 30.9. The molecule has 1 aliphatic heterocycles. The van der Waals surface area contributed by atoms with Crippen LogP contribution in [0, 0.1) is 17.3 Å². The smallest absolute Gasteiger partial charge is 0.00439 e. The molecule has 1 saturated carbocycles. The Morgan fingerprint density at radius 2 is 1.86 bits per heavy atom. The molecular formula is C13H25N. The summed E-state index contributed by atoms with van der Waals surface area (Å²) < 4.78 is 0. The summed E-state index contributed by atoms with van der Waals surface area (Å²) in [5, 5.41) is 0. The van der Waals surface area contributed by atoms with E-state index in [9.17, 15) is 0 Å². The zero-order valence-corrected chi connectivity index (χ0v) is 10.2. The molecule has 1 nitrogen and oxygen atoms in total. The van der Waals surface area contributed by atoms with Crippen molar-refractivity contribution in [2.75, 3.05) is 13.1 Å². The molecule has 0 radical (unpaired) electrons. The lowest BCUT2D eigenvalue weighted by Gasteiger charge is -2.20. The highest BCUT2D eigenvalue weighted by Gasteiger charge is 2.54. The van der Waals surface area contributed by atoms with Crippen LogP contribution in [0.4, 0.5) is 0 Å². The van der Waals surface area contributed by atoms with Gasteiger partial charge in [-0.25, -0.2) is 0 Å². The first-order chi connectivity index (χ1) is 6.53. The monoisotopic (exact) mass is 195 g/mol. The van der Waals surface area contributed by atoms with E-state index in [2.05, 4.69) is 32.6 Å². The zero-order valence-electron chi connectivity index (χ0n) is 10.2. The lowest BCUT2D eigenvalue weighted by Crippen LogP contribution is -2.28. The molecule has 1 heteroatoms. The third-order valence-electron chi connectivity index (χ3n) is 4.22. The summed E-state index contributed by atoms with van der Waals surface area (Å²) in [6.45, 7) is 12.2. The molecule has 1 spiro atoms. The van der Waals surface area contributed by atoms with Gasteiger partial charge in [0.2, 0.25) is 0 Å². The third kappa shape index (κ3) is 1.84. The predicted molar refractivity (Wildman–Crippen MR) is 61.3 cm³/mol. The van der Waals surface area contributed by atoms with Crippen molar-refractivity contribution >= 4 is 0 Å². The second kappa shape index (κ2) is 3.52. The van der Waals surface area contributed by atoms with Crippen LogP contribution < -0.4 is 0 Å². The highest BCUT2D eigenvalue weighted by Crippen LogP contribution is 2.58. The minimum Gasteiger partial charge on any atom is -0.300 e. The Balaban J connectivity index is 1.97. The molecule has 0 bridgehead atoms. The van der Waals surface area contributed by atoms with Crippen LogP contribution in [0.25, 0.3) is 0 Å². The zero-order chi connectivity index (χ0) is 10.3. The van der Waals surface area contributed by atoms with Crippen LogP contribution in [-0.2, 0) is 0 Å². The van der Waals surface area contributed by atoms with Gasteiger partial charge in [-0.2, -0.15) is 0 Å². The Bertz CT molecular complexity index is 203. The summed E-state index contributed by atoms with van der Waals surface area (Å²) in [5.74, 6) is 1.88. The maximum atomic E-state index is 2.69. The molecule has 2 fully saturated rings. The van der Waals surface area contributed by atoms with E-state index >= 15 is 0 Å². The van der Waals surface area contributed by atoms with Crippen molar-refractivity contribution in [1.82, 2.24) is 4.90 Å². The molecule has 2 aliphatic rings. The van der Waals surface area contributed by atoms with Crippen LogP contribution in [0.15, 0.2) is 0 Å². The minimum atomic E-state index is 0.754. The third-order valence-corrected chi connectivity index (χ3v) is 4.22. The van der Waals surface area contributed by atoms with Gasteiger partial charge in [-0.05, 0) is 50.4 Å². The molecule has 14 heavy (non-hydrogen) atoms. The Morgan fingerprint density at radius 3 is 2.29 bits per heavy atom. The minimum absolute atomic E-state index is 0.754. The number of rotatable bonds is 3. The van der Waals surface area contributed by atoms with E-state index in [1.165, 1.54) is 32.4 Å². The summed E-state index contributed by atoms with van der Waals surface area (Å²) in [5.41, 5.74) is 0.772. The summed E-state index contributed by atoms with van der Waals surface area (Å²) in [7, 11) is 0. The summed E-state index contributed by atoms with van der Waals surface area (Å²) >= 11 is 0. The molecule has 1 saturated heterocycles. The largest absolute Gasteiger partial charge is 0.300 e. The first-order valence-corrected chi connectivity index (χ1v) is 6.27. The maximum absolute atomic E-state index is 2.69. The van der Waals surface area contributed by atoms with E-state index in [0.717, 1.165) is 23.3 Å². The molecule has 0 aromatic rings. The standard InChI is InChI=1S/C13H25N/c1-10(2)7-12-8-14(11(3)4)9-13(12)5-6-13/h10-12H,5-9H2,1-4H3/t12-/m1/s1. The van der Waals surface area contributed by atoms with Gasteiger partial charge in [-0.3, -0.25) is 0 Å². The van der Waals surface area contributed by atoms with Crippen LogP contribution >= 0.6 is 0 Å². The van der Waals surface area contributed by atoms with Crippen molar-refractivity contribution in [2.45, 2.75) is 53.0 Å². The first-order valence-electron chi connectivity index (χ1n) is 6.27. The molecule has 0 N–H and O–H groups in total. The highest BCUT2D eigenvalue weighted by molar-refractivity contribution is 5.06. The fraction of sp³-hybridized carbons (Fsp3) is 1.00.